The van der Waals surface area contributed by atoms with Crippen LogP contribution in [0.25, 0.3) is 5.69 Å². The van der Waals surface area contributed by atoms with Gasteiger partial charge in [0.1, 0.15) is 5.75 Å². The monoisotopic (exact) mass is 471 g/mol. The Kier molecular flexibility index (Phi) is 8.92. The van der Waals surface area contributed by atoms with Crippen LogP contribution in [0.2, 0.25) is 5.02 Å². The fraction of sp³-hybridized carbons (Fsp3) is 0.423. The summed E-state index contributed by atoms with van der Waals surface area (Å²) in [6, 6.07) is 17.4. The highest BCUT2D eigenvalue weighted by atomic mass is 35.5. The van der Waals surface area contributed by atoms with E-state index in [1.54, 1.807) is 12.1 Å². The Bertz CT molecular complexity index is 1000. The van der Waals surface area contributed by atoms with Crippen molar-refractivity contribution in [3.63, 3.8) is 0 Å². The minimum Gasteiger partial charge on any atom is -0.439 e. The van der Waals surface area contributed by atoms with Crippen molar-refractivity contribution in [2.24, 2.45) is 0 Å². The summed E-state index contributed by atoms with van der Waals surface area (Å²) in [6.45, 7) is 11.5. The second-order valence-electron chi connectivity index (χ2n) is 8.73. The standard InChI is InChI=1S/C26H34ClN3O3/c1-18(2)29(15-23(31)17-32-19(3)4)16-25-20(5)28-30(22-9-7-6-8-10-22)26(25)33-24-13-11-21(27)12-14-24/h6-14,18-19,23,31H,15-17H2,1-5H3/t23-/m1/s1. The van der Waals surface area contributed by atoms with Crippen LogP contribution in [0.3, 0.4) is 0 Å². The number of hydrogen-bond donors (Lipinski definition) is 1. The van der Waals surface area contributed by atoms with E-state index >= 15 is 0 Å². The molecule has 0 radical (unpaired) electrons. The van der Waals surface area contributed by atoms with E-state index in [-0.39, 0.29) is 12.1 Å². The number of hydrogen-bond acceptors (Lipinski definition) is 5. The van der Waals surface area contributed by atoms with Gasteiger partial charge in [-0.15, -0.1) is 0 Å². The van der Waals surface area contributed by atoms with Gasteiger partial charge in [-0.25, -0.2) is 4.68 Å². The number of aliphatic hydroxyl groups is 1. The molecule has 3 rings (SSSR count). The van der Waals surface area contributed by atoms with E-state index in [0.29, 0.717) is 36.3 Å². The smallest absolute Gasteiger partial charge is 0.227 e. The van der Waals surface area contributed by atoms with Gasteiger partial charge in [-0.05, 0) is 71.0 Å². The molecule has 0 amide bonds. The van der Waals surface area contributed by atoms with Crippen LogP contribution in [0, 0.1) is 6.92 Å². The van der Waals surface area contributed by atoms with Crippen LogP contribution in [-0.2, 0) is 11.3 Å². The Balaban J connectivity index is 1.93. The average Bonchev–Trinajstić information content (AvgIpc) is 3.09. The molecule has 0 aliphatic rings. The minimum absolute atomic E-state index is 0.0814. The molecule has 0 fully saturated rings. The molecule has 0 spiro atoms. The number of aliphatic hydroxyl groups excluding tert-OH is 1. The van der Waals surface area contributed by atoms with E-state index in [4.69, 9.17) is 26.2 Å². The third-order valence-corrected chi connectivity index (χ3v) is 5.58. The Labute approximate surface area is 201 Å². The second-order valence-corrected chi connectivity index (χ2v) is 9.17. The topological polar surface area (TPSA) is 59.8 Å². The third kappa shape index (κ3) is 7.05. The van der Waals surface area contributed by atoms with Gasteiger partial charge < -0.3 is 14.6 Å². The summed E-state index contributed by atoms with van der Waals surface area (Å²) in [5.41, 5.74) is 2.76. The Morgan fingerprint density at radius 1 is 1.03 bits per heavy atom. The largest absolute Gasteiger partial charge is 0.439 e. The van der Waals surface area contributed by atoms with Crippen LogP contribution in [0.5, 0.6) is 11.6 Å². The van der Waals surface area contributed by atoms with Crippen molar-refractivity contribution in [1.29, 1.82) is 0 Å². The Morgan fingerprint density at radius 2 is 1.70 bits per heavy atom. The lowest BCUT2D eigenvalue weighted by atomic mass is 10.2. The number of nitrogens with zero attached hydrogens (tertiary/aromatic N) is 3. The molecule has 178 valence electrons. The van der Waals surface area contributed by atoms with Crippen LogP contribution < -0.4 is 4.74 Å². The summed E-state index contributed by atoms with van der Waals surface area (Å²) in [5, 5.41) is 16.0. The molecule has 3 aromatic rings. The summed E-state index contributed by atoms with van der Waals surface area (Å²) < 4.78 is 13.8. The van der Waals surface area contributed by atoms with Gasteiger partial charge in [0.2, 0.25) is 5.88 Å². The quantitative estimate of drug-likeness (QED) is 0.393. The van der Waals surface area contributed by atoms with Gasteiger partial charge in [0.05, 0.1) is 35.8 Å². The minimum atomic E-state index is -0.583. The lowest BCUT2D eigenvalue weighted by molar-refractivity contribution is -0.0137. The van der Waals surface area contributed by atoms with Gasteiger partial charge in [-0.2, -0.15) is 5.10 Å². The molecule has 0 aliphatic carbocycles. The molecule has 1 heterocycles. The molecule has 6 nitrogen and oxygen atoms in total. The fourth-order valence-corrected chi connectivity index (χ4v) is 3.60. The summed E-state index contributed by atoms with van der Waals surface area (Å²) in [6.07, 6.45) is -0.502. The van der Waals surface area contributed by atoms with Gasteiger partial charge in [0.25, 0.3) is 0 Å². The highest BCUT2D eigenvalue weighted by Gasteiger charge is 2.24. The molecule has 33 heavy (non-hydrogen) atoms. The maximum absolute atomic E-state index is 10.5. The van der Waals surface area contributed by atoms with Gasteiger partial charge in [-0.3, -0.25) is 4.90 Å². The highest BCUT2D eigenvalue weighted by molar-refractivity contribution is 6.30. The zero-order valence-corrected chi connectivity index (χ0v) is 20.8. The molecule has 0 saturated heterocycles. The van der Waals surface area contributed by atoms with Gasteiger partial charge in [0, 0.05) is 24.2 Å². The lowest BCUT2D eigenvalue weighted by Crippen LogP contribution is -2.39. The maximum Gasteiger partial charge on any atom is 0.227 e. The van der Waals surface area contributed by atoms with Crippen LogP contribution in [0.15, 0.2) is 54.6 Å². The van der Waals surface area contributed by atoms with E-state index in [2.05, 4.69) is 18.7 Å². The zero-order valence-electron chi connectivity index (χ0n) is 20.0. The number of aryl methyl sites for hydroxylation is 1. The molecule has 2 aromatic carbocycles. The number of ether oxygens (including phenoxy) is 2. The SMILES string of the molecule is Cc1nn(-c2ccccc2)c(Oc2ccc(Cl)cc2)c1CN(C[C@@H](O)COC(C)C)C(C)C. The van der Waals surface area contributed by atoms with E-state index in [9.17, 15) is 5.11 Å². The van der Waals surface area contributed by atoms with Crippen molar-refractivity contribution in [3.8, 4) is 17.3 Å². The fourth-order valence-electron chi connectivity index (χ4n) is 3.47. The van der Waals surface area contributed by atoms with Crippen molar-refractivity contribution >= 4 is 11.6 Å². The number of halogens is 1. The molecule has 1 atom stereocenters. The van der Waals surface area contributed by atoms with Crippen molar-refractivity contribution in [1.82, 2.24) is 14.7 Å². The molecule has 0 aliphatic heterocycles. The number of aromatic nitrogens is 2. The van der Waals surface area contributed by atoms with Gasteiger partial charge in [0.15, 0.2) is 0 Å². The van der Waals surface area contributed by atoms with Crippen LogP contribution in [-0.4, -0.2) is 51.2 Å². The van der Waals surface area contributed by atoms with Crippen molar-refractivity contribution in [3.05, 3.63) is 70.9 Å². The third-order valence-electron chi connectivity index (χ3n) is 5.32. The van der Waals surface area contributed by atoms with Crippen LogP contribution >= 0.6 is 11.6 Å². The van der Waals surface area contributed by atoms with E-state index in [0.717, 1.165) is 16.9 Å². The molecule has 1 N–H and O–H groups in total. The summed E-state index contributed by atoms with van der Waals surface area (Å²) in [7, 11) is 0. The highest BCUT2D eigenvalue weighted by Crippen LogP contribution is 2.32. The Hall–Kier alpha value is -2.38. The average molecular weight is 472 g/mol. The number of benzene rings is 2. The number of para-hydroxylation sites is 1. The number of rotatable bonds is 11. The molecule has 0 unspecified atom stereocenters. The second kappa shape index (κ2) is 11.7. The van der Waals surface area contributed by atoms with Crippen molar-refractivity contribution in [2.45, 2.75) is 59.4 Å². The van der Waals surface area contributed by atoms with Crippen LogP contribution in [0.1, 0.15) is 39.0 Å². The first kappa shape index (κ1) is 25.2. The Morgan fingerprint density at radius 3 is 2.30 bits per heavy atom. The molecular weight excluding hydrogens is 438 g/mol. The van der Waals surface area contributed by atoms with Crippen molar-refractivity contribution in [2.75, 3.05) is 13.2 Å². The van der Waals surface area contributed by atoms with Crippen LogP contribution in [0.4, 0.5) is 0 Å². The molecule has 7 heteroatoms. The zero-order chi connectivity index (χ0) is 24.0. The van der Waals surface area contributed by atoms with Gasteiger partial charge >= 0.3 is 0 Å². The first-order valence-electron chi connectivity index (χ1n) is 11.4. The summed E-state index contributed by atoms with van der Waals surface area (Å²) in [5.74, 6) is 1.33. The molecule has 0 bridgehead atoms. The predicted octanol–water partition coefficient (Wildman–Crippen LogP) is 5.62. The van der Waals surface area contributed by atoms with E-state index in [1.165, 1.54) is 0 Å². The first-order chi connectivity index (χ1) is 15.7. The van der Waals surface area contributed by atoms with E-state index < -0.39 is 6.10 Å². The van der Waals surface area contributed by atoms with Gasteiger partial charge in [-0.1, -0.05) is 29.8 Å². The molecular formula is C26H34ClN3O3. The summed E-state index contributed by atoms with van der Waals surface area (Å²) in [4.78, 5) is 2.21. The molecule has 1 aromatic heterocycles. The summed E-state index contributed by atoms with van der Waals surface area (Å²) >= 11 is 6.06. The normalized spacial score (nSPS) is 12.7. The maximum atomic E-state index is 10.5. The lowest BCUT2D eigenvalue weighted by Gasteiger charge is -2.29. The van der Waals surface area contributed by atoms with E-state index in [1.807, 2.05) is 67.9 Å². The first-order valence-corrected chi connectivity index (χ1v) is 11.7. The van der Waals surface area contributed by atoms with Crippen molar-refractivity contribution < 1.29 is 14.6 Å². The predicted molar refractivity (Wildman–Crippen MR) is 132 cm³/mol. The molecule has 0 saturated carbocycles.